The topological polar surface area (TPSA) is 61.8 Å². The van der Waals surface area contributed by atoms with Crippen LogP contribution in [-0.4, -0.2) is 23.0 Å². The minimum atomic E-state index is 0.133. The maximum Gasteiger partial charge on any atom is 0.170 e. The number of amidine groups is 1. The molecule has 0 amide bonds. The number of halogens is 1. The van der Waals surface area contributed by atoms with E-state index in [-0.39, 0.29) is 5.84 Å². The Balaban J connectivity index is 2.09. The SMILES string of the molecule is CN(Cc1ccc(Cl)s1)Cc1ccccc1C(N)=NO. The van der Waals surface area contributed by atoms with E-state index in [1.807, 2.05) is 43.4 Å². The van der Waals surface area contributed by atoms with E-state index in [1.54, 1.807) is 11.3 Å². The number of hydrogen-bond acceptors (Lipinski definition) is 4. The summed E-state index contributed by atoms with van der Waals surface area (Å²) in [7, 11) is 2.02. The number of hydrogen-bond donors (Lipinski definition) is 2. The van der Waals surface area contributed by atoms with Gasteiger partial charge in [-0.1, -0.05) is 41.0 Å². The summed E-state index contributed by atoms with van der Waals surface area (Å²) in [4.78, 5) is 3.37. The van der Waals surface area contributed by atoms with E-state index < -0.39 is 0 Å². The fraction of sp³-hybridized carbons (Fsp3) is 0.214. The maximum atomic E-state index is 8.82. The molecule has 106 valence electrons. The first-order valence-electron chi connectivity index (χ1n) is 6.08. The smallest absolute Gasteiger partial charge is 0.170 e. The number of nitrogens with two attached hydrogens (primary N) is 1. The van der Waals surface area contributed by atoms with Gasteiger partial charge in [0.1, 0.15) is 0 Å². The molecular weight excluding hydrogens is 294 g/mol. The Labute approximate surface area is 127 Å². The Morgan fingerprint density at radius 2 is 2.05 bits per heavy atom. The number of nitrogens with zero attached hydrogens (tertiary/aromatic N) is 2. The highest BCUT2D eigenvalue weighted by atomic mass is 35.5. The van der Waals surface area contributed by atoms with Crippen LogP contribution in [0.2, 0.25) is 4.34 Å². The monoisotopic (exact) mass is 309 g/mol. The minimum Gasteiger partial charge on any atom is -0.409 e. The maximum absolute atomic E-state index is 8.82. The Morgan fingerprint density at radius 3 is 2.70 bits per heavy atom. The zero-order valence-corrected chi connectivity index (χ0v) is 12.7. The molecule has 0 unspecified atom stereocenters. The van der Waals surface area contributed by atoms with Crippen molar-refractivity contribution in [2.75, 3.05) is 7.05 Å². The van der Waals surface area contributed by atoms with Gasteiger partial charge in [-0.2, -0.15) is 0 Å². The van der Waals surface area contributed by atoms with E-state index in [2.05, 4.69) is 10.1 Å². The second-order valence-electron chi connectivity index (χ2n) is 4.52. The van der Waals surface area contributed by atoms with E-state index >= 15 is 0 Å². The Hall–Kier alpha value is -1.56. The fourth-order valence-electron chi connectivity index (χ4n) is 2.01. The molecule has 6 heteroatoms. The average molecular weight is 310 g/mol. The standard InChI is InChI=1S/C14H16ClN3OS/c1-18(9-11-6-7-13(15)20-11)8-10-4-2-3-5-12(10)14(16)17-19/h2-7,19H,8-9H2,1H3,(H2,16,17). The lowest BCUT2D eigenvalue weighted by atomic mass is 10.1. The van der Waals surface area contributed by atoms with Crippen molar-refractivity contribution in [3.63, 3.8) is 0 Å². The van der Waals surface area contributed by atoms with Crippen molar-refractivity contribution in [2.24, 2.45) is 10.9 Å². The third-order valence-corrected chi connectivity index (χ3v) is 4.11. The van der Waals surface area contributed by atoms with Crippen LogP contribution in [-0.2, 0) is 13.1 Å². The third kappa shape index (κ3) is 3.72. The molecule has 1 heterocycles. The number of benzene rings is 1. The van der Waals surface area contributed by atoms with Gasteiger partial charge in [0.05, 0.1) is 4.34 Å². The summed E-state index contributed by atoms with van der Waals surface area (Å²) in [5, 5.41) is 11.9. The summed E-state index contributed by atoms with van der Waals surface area (Å²) in [5.41, 5.74) is 7.47. The van der Waals surface area contributed by atoms with Crippen LogP contribution in [0.25, 0.3) is 0 Å². The fourth-order valence-corrected chi connectivity index (χ4v) is 3.18. The Kier molecular flexibility index (Phi) is 5.00. The molecule has 0 saturated heterocycles. The van der Waals surface area contributed by atoms with Crippen LogP contribution in [0.15, 0.2) is 41.6 Å². The first-order chi connectivity index (χ1) is 9.60. The van der Waals surface area contributed by atoms with E-state index in [4.69, 9.17) is 22.5 Å². The second-order valence-corrected chi connectivity index (χ2v) is 6.32. The quantitative estimate of drug-likeness (QED) is 0.386. The second kappa shape index (κ2) is 6.74. The van der Waals surface area contributed by atoms with Crippen molar-refractivity contribution < 1.29 is 5.21 Å². The van der Waals surface area contributed by atoms with Gasteiger partial charge in [0.2, 0.25) is 0 Å². The van der Waals surface area contributed by atoms with Crippen LogP contribution in [0.1, 0.15) is 16.0 Å². The van der Waals surface area contributed by atoms with Crippen molar-refractivity contribution >= 4 is 28.8 Å². The van der Waals surface area contributed by atoms with Crippen LogP contribution >= 0.6 is 22.9 Å². The molecule has 4 nitrogen and oxygen atoms in total. The van der Waals surface area contributed by atoms with Gasteiger partial charge < -0.3 is 10.9 Å². The zero-order chi connectivity index (χ0) is 14.5. The van der Waals surface area contributed by atoms with Gasteiger partial charge in [0, 0.05) is 23.5 Å². The third-order valence-electron chi connectivity index (χ3n) is 2.90. The van der Waals surface area contributed by atoms with Gasteiger partial charge in [-0.15, -0.1) is 11.3 Å². The summed E-state index contributed by atoms with van der Waals surface area (Å²) >= 11 is 7.51. The van der Waals surface area contributed by atoms with Crippen LogP contribution in [0.4, 0.5) is 0 Å². The highest BCUT2D eigenvalue weighted by molar-refractivity contribution is 7.16. The van der Waals surface area contributed by atoms with E-state index in [1.165, 1.54) is 4.88 Å². The summed E-state index contributed by atoms with van der Waals surface area (Å²) in [6, 6.07) is 11.6. The number of thiophene rings is 1. The molecule has 2 aromatic rings. The Morgan fingerprint density at radius 1 is 1.30 bits per heavy atom. The molecule has 0 bridgehead atoms. The van der Waals surface area contributed by atoms with E-state index in [9.17, 15) is 0 Å². The van der Waals surface area contributed by atoms with E-state index in [0.717, 1.165) is 22.0 Å². The zero-order valence-electron chi connectivity index (χ0n) is 11.1. The predicted octanol–water partition coefficient (Wildman–Crippen LogP) is 3.13. The predicted molar refractivity (Wildman–Crippen MR) is 83.5 cm³/mol. The van der Waals surface area contributed by atoms with Crippen molar-refractivity contribution in [3.8, 4) is 0 Å². The van der Waals surface area contributed by atoms with Crippen molar-refractivity contribution in [1.29, 1.82) is 0 Å². The van der Waals surface area contributed by atoms with Gasteiger partial charge in [-0.3, -0.25) is 4.90 Å². The lowest BCUT2D eigenvalue weighted by Gasteiger charge is -2.17. The normalized spacial score (nSPS) is 12.1. The first-order valence-corrected chi connectivity index (χ1v) is 7.28. The van der Waals surface area contributed by atoms with Crippen molar-refractivity contribution in [3.05, 3.63) is 56.7 Å². The minimum absolute atomic E-state index is 0.133. The molecule has 3 N–H and O–H groups in total. The number of rotatable bonds is 5. The van der Waals surface area contributed by atoms with Gasteiger partial charge >= 0.3 is 0 Å². The molecule has 0 fully saturated rings. The van der Waals surface area contributed by atoms with Crippen LogP contribution < -0.4 is 5.73 Å². The summed E-state index contributed by atoms with van der Waals surface area (Å²) in [6.07, 6.45) is 0. The van der Waals surface area contributed by atoms with Crippen LogP contribution in [0, 0.1) is 0 Å². The molecule has 0 aliphatic rings. The average Bonchev–Trinajstić information content (AvgIpc) is 2.83. The van der Waals surface area contributed by atoms with Gasteiger partial charge in [-0.25, -0.2) is 0 Å². The summed E-state index contributed by atoms with van der Waals surface area (Å²) in [6.45, 7) is 1.52. The lowest BCUT2D eigenvalue weighted by Crippen LogP contribution is -2.21. The molecule has 0 radical (unpaired) electrons. The largest absolute Gasteiger partial charge is 0.409 e. The molecule has 20 heavy (non-hydrogen) atoms. The molecule has 0 atom stereocenters. The molecule has 0 spiro atoms. The molecule has 1 aromatic heterocycles. The molecule has 0 aliphatic heterocycles. The van der Waals surface area contributed by atoms with E-state index in [0.29, 0.717) is 6.54 Å². The Bertz CT molecular complexity index is 612. The lowest BCUT2D eigenvalue weighted by molar-refractivity contribution is 0.316. The molecule has 0 aliphatic carbocycles. The highest BCUT2D eigenvalue weighted by Gasteiger charge is 2.09. The molecule has 0 saturated carbocycles. The number of oxime groups is 1. The van der Waals surface area contributed by atoms with Gasteiger partial charge in [-0.05, 0) is 24.7 Å². The molecule has 1 aromatic carbocycles. The van der Waals surface area contributed by atoms with Gasteiger partial charge in [0.15, 0.2) is 5.84 Å². The first kappa shape index (κ1) is 14.8. The summed E-state index contributed by atoms with van der Waals surface area (Å²) < 4.78 is 0.797. The van der Waals surface area contributed by atoms with Crippen molar-refractivity contribution in [2.45, 2.75) is 13.1 Å². The molecule has 2 rings (SSSR count). The van der Waals surface area contributed by atoms with Crippen LogP contribution in [0.3, 0.4) is 0 Å². The highest BCUT2D eigenvalue weighted by Crippen LogP contribution is 2.23. The van der Waals surface area contributed by atoms with Gasteiger partial charge in [0.25, 0.3) is 0 Å². The summed E-state index contributed by atoms with van der Waals surface area (Å²) in [5.74, 6) is 0.133. The van der Waals surface area contributed by atoms with Crippen molar-refractivity contribution in [1.82, 2.24) is 4.90 Å². The molecular formula is C14H16ClN3OS. The van der Waals surface area contributed by atoms with Crippen LogP contribution in [0.5, 0.6) is 0 Å².